The number of hydrogen-bond acceptors (Lipinski definition) is 6. The van der Waals surface area contributed by atoms with Gasteiger partial charge in [-0.05, 0) is 32.0 Å². The third kappa shape index (κ3) is 3.02. The molecule has 0 N–H and O–H groups in total. The van der Waals surface area contributed by atoms with Crippen molar-refractivity contribution in [2.24, 2.45) is 5.92 Å². The summed E-state index contributed by atoms with van der Waals surface area (Å²) in [5.74, 6) is 1.95. The van der Waals surface area contributed by atoms with Crippen molar-refractivity contribution >= 4 is 5.82 Å². The highest BCUT2D eigenvalue weighted by atomic mass is 16.1. The summed E-state index contributed by atoms with van der Waals surface area (Å²) in [5, 5.41) is 8.93. The van der Waals surface area contributed by atoms with E-state index in [0.717, 1.165) is 30.3 Å². The van der Waals surface area contributed by atoms with Gasteiger partial charge in [0.05, 0.1) is 12.2 Å². The fraction of sp³-hybridized carbons (Fsp3) is 0.353. The molecule has 0 atom stereocenters. The molecule has 128 valence electrons. The van der Waals surface area contributed by atoms with Gasteiger partial charge in [-0.25, -0.2) is 19.3 Å². The van der Waals surface area contributed by atoms with Crippen LogP contribution in [-0.4, -0.2) is 42.6 Å². The maximum atomic E-state index is 12.2. The zero-order valence-electron chi connectivity index (χ0n) is 14.2. The molecule has 4 rings (SSSR count). The highest BCUT2D eigenvalue weighted by Gasteiger charge is 2.28. The zero-order valence-corrected chi connectivity index (χ0v) is 14.2. The molecule has 0 amide bonds. The lowest BCUT2D eigenvalue weighted by Gasteiger charge is -2.40. The van der Waals surface area contributed by atoms with Gasteiger partial charge in [-0.3, -0.25) is 4.79 Å². The molecular weight excluding hydrogens is 318 g/mol. The summed E-state index contributed by atoms with van der Waals surface area (Å²) in [7, 11) is 0. The molecule has 3 aromatic heterocycles. The van der Waals surface area contributed by atoms with Crippen LogP contribution >= 0.6 is 0 Å². The maximum absolute atomic E-state index is 12.2. The first-order chi connectivity index (χ1) is 12.1. The largest absolute Gasteiger partial charge is 0.356 e. The molecule has 0 aliphatic carbocycles. The van der Waals surface area contributed by atoms with E-state index in [-0.39, 0.29) is 5.56 Å². The van der Waals surface area contributed by atoms with E-state index in [4.69, 9.17) is 0 Å². The Kier molecular flexibility index (Phi) is 3.79. The van der Waals surface area contributed by atoms with Crippen molar-refractivity contribution in [3.63, 3.8) is 0 Å². The number of hydrogen-bond donors (Lipinski definition) is 0. The molecule has 8 nitrogen and oxygen atoms in total. The molecule has 0 saturated carbocycles. The summed E-state index contributed by atoms with van der Waals surface area (Å²) in [6, 6.07) is 7.15. The second-order valence-electron chi connectivity index (χ2n) is 6.39. The molecule has 0 unspecified atom stereocenters. The SMILES string of the molecule is Cc1cc(C)n(-c2ccc(=O)n(CC3CN(c4ccncn4)C3)n2)n1. The van der Waals surface area contributed by atoms with Gasteiger partial charge in [0, 0.05) is 37.0 Å². The van der Waals surface area contributed by atoms with Gasteiger partial charge in [-0.1, -0.05) is 0 Å². The Morgan fingerprint density at radius 3 is 2.64 bits per heavy atom. The normalized spacial score (nSPS) is 14.6. The fourth-order valence-corrected chi connectivity index (χ4v) is 3.13. The quantitative estimate of drug-likeness (QED) is 0.706. The smallest absolute Gasteiger partial charge is 0.266 e. The average molecular weight is 337 g/mol. The van der Waals surface area contributed by atoms with E-state index in [1.54, 1.807) is 29.3 Å². The first-order valence-electron chi connectivity index (χ1n) is 8.23. The molecule has 1 aliphatic heterocycles. The summed E-state index contributed by atoms with van der Waals surface area (Å²) in [5.41, 5.74) is 1.83. The number of aryl methyl sites for hydroxylation is 2. The van der Waals surface area contributed by atoms with Crippen molar-refractivity contribution in [1.82, 2.24) is 29.5 Å². The van der Waals surface area contributed by atoms with Crippen molar-refractivity contribution in [3.8, 4) is 5.82 Å². The summed E-state index contributed by atoms with van der Waals surface area (Å²) >= 11 is 0. The van der Waals surface area contributed by atoms with Gasteiger partial charge in [-0.2, -0.15) is 5.10 Å². The predicted molar refractivity (Wildman–Crippen MR) is 92.8 cm³/mol. The van der Waals surface area contributed by atoms with Gasteiger partial charge in [0.2, 0.25) is 0 Å². The molecule has 0 spiro atoms. The van der Waals surface area contributed by atoms with Gasteiger partial charge in [-0.15, -0.1) is 5.10 Å². The van der Waals surface area contributed by atoms with Crippen molar-refractivity contribution in [1.29, 1.82) is 0 Å². The van der Waals surface area contributed by atoms with Crippen molar-refractivity contribution in [3.05, 3.63) is 58.5 Å². The lowest BCUT2D eigenvalue weighted by atomic mass is 10.0. The monoisotopic (exact) mass is 337 g/mol. The zero-order chi connectivity index (χ0) is 17.4. The summed E-state index contributed by atoms with van der Waals surface area (Å²) in [4.78, 5) is 22.5. The average Bonchev–Trinajstić information content (AvgIpc) is 2.91. The third-order valence-electron chi connectivity index (χ3n) is 4.36. The first kappa shape index (κ1) is 15.5. The van der Waals surface area contributed by atoms with Crippen LogP contribution in [0.2, 0.25) is 0 Å². The molecule has 3 aromatic rings. The maximum Gasteiger partial charge on any atom is 0.266 e. The number of nitrogens with zero attached hydrogens (tertiary/aromatic N) is 7. The Bertz CT molecular complexity index is 941. The van der Waals surface area contributed by atoms with Crippen molar-refractivity contribution in [2.75, 3.05) is 18.0 Å². The van der Waals surface area contributed by atoms with E-state index < -0.39 is 0 Å². The van der Waals surface area contributed by atoms with Crippen LogP contribution in [0.15, 0.2) is 41.6 Å². The van der Waals surface area contributed by atoms with Crippen LogP contribution in [0.5, 0.6) is 0 Å². The molecule has 1 fully saturated rings. The first-order valence-corrected chi connectivity index (χ1v) is 8.23. The lowest BCUT2D eigenvalue weighted by Crippen LogP contribution is -2.50. The molecule has 0 radical (unpaired) electrons. The lowest BCUT2D eigenvalue weighted by molar-refractivity contribution is 0.332. The van der Waals surface area contributed by atoms with Crippen LogP contribution < -0.4 is 10.5 Å². The summed E-state index contributed by atoms with van der Waals surface area (Å²) in [6.45, 7) is 6.22. The molecule has 0 bridgehead atoms. The third-order valence-corrected chi connectivity index (χ3v) is 4.36. The summed E-state index contributed by atoms with van der Waals surface area (Å²) < 4.78 is 3.30. The van der Waals surface area contributed by atoms with Crippen LogP contribution in [0.1, 0.15) is 11.4 Å². The molecule has 1 aliphatic rings. The molecule has 25 heavy (non-hydrogen) atoms. The second-order valence-corrected chi connectivity index (χ2v) is 6.39. The van der Waals surface area contributed by atoms with E-state index >= 15 is 0 Å². The Morgan fingerprint density at radius 1 is 1.12 bits per heavy atom. The van der Waals surface area contributed by atoms with Gasteiger partial charge in [0.15, 0.2) is 5.82 Å². The molecule has 8 heteroatoms. The predicted octanol–water partition coefficient (Wildman–Crippen LogP) is 0.972. The van der Waals surface area contributed by atoms with Gasteiger partial charge < -0.3 is 4.90 Å². The minimum Gasteiger partial charge on any atom is -0.356 e. The van der Waals surface area contributed by atoms with Crippen LogP contribution in [0.25, 0.3) is 5.82 Å². The van der Waals surface area contributed by atoms with Crippen LogP contribution in [0, 0.1) is 19.8 Å². The topological polar surface area (TPSA) is 81.7 Å². The van der Waals surface area contributed by atoms with Crippen LogP contribution in [0.4, 0.5) is 5.82 Å². The molecule has 1 saturated heterocycles. The Hall–Kier alpha value is -3.03. The van der Waals surface area contributed by atoms with E-state index in [2.05, 4.69) is 25.1 Å². The Labute approximate surface area is 144 Å². The second kappa shape index (κ2) is 6.12. The molecule has 4 heterocycles. The highest BCUT2D eigenvalue weighted by molar-refractivity contribution is 5.39. The van der Waals surface area contributed by atoms with E-state index in [1.165, 1.54) is 4.68 Å². The van der Waals surface area contributed by atoms with Crippen molar-refractivity contribution in [2.45, 2.75) is 20.4 Å². The molecule has 0 aromatic carbocycles. The highest BCUT2D eigenvalue weighted by Crippen LogP contribution is 2.22. The van der Waals surface area contributed by atoms with Gasteiger partial charge in [0.25, 0.3) is 5.56 Å². The fourth-order valence-electron chi connectivity index (χ4n) is 3.13. The Morgan fingerprint density at radius 2 is 1.96 bits per heavy atom. The number of anilines is 1. The number of aromatic nitrogens is 6. The minimum absolute atomic E-state index is 0.0919. The van der Waals surface area contributed by atoms with Crippen molar-refractivity contribution < 1.29 is 0 Å². The van der Waals surface area contributed by atoms with Crippen LogP contribution in [0.3, 0.4) is 0 Å². The number of rotatable bonds is 4. The van der Waals surface area contributed by atoms with E-state index in [0.29, 0.717) is 18.3 Å². The summed E-state index contributed by atoms with van der Waals surface area (Å²) in [6.07, 6.45) is 3.28. The van der Waals surface area contributed by atoms with Crippen LogP contribution in [-0.2, 0) is 6.54 Å². The molecular formula is C17H19N7O. The van der Waals surface area contributed by atoms with Gasteiger partial charge >= 0.3 is 0 Å². The standard InChI is InChI=1S/C17H19N7O/c1-12-7-13(2)24(20-12)16-3-4-17(25)23(21-16)10-14-8-22(9-14)15-5-6-18-11-19-15/h3-7,11,14H,8-10H2,1-2H3. The van der Waals surface area contributed by atoms with E-state index in [1.807, 2.05) is 26.0 Å². The van der Waals surface area contributed by atoms with Gasteiger partial charge in [0.1, 0.15) is 12.1 Å². The minimum atomic E-state index is -0.0919. The Balaban J connectivity index is 1.49. The van der Waals surface area contributed by atoms with E-state index in [9.17, 15) is 4.79 Å².